The summed E-state index contributed by atoms with van der Waals surface area (Å²) in [5.74, 6) is 0. The van der Waals surface area contributed by atoms with Crippen molar-refractivity contribution in [2.45, 2.75) is 18.9 Å². The van der Waals surface area contributed by atoms with Crippen LogP contribution in [0.25, 0.3) is 0 Å². The third-order valence-corrected chi connectivity index (χ3v) is 3.61. The summed E-state index contributed by atoms with van der Waals surface area (Å²) in [5.41, 5.74) is 0. The molecule has 6 heteroatoms. The highest BCUT2D eigenvalue weighted by Crippen LogP contribution is 2.25. The van der Waals surface area contributed by atoms with Crippen molar-refractivity contribution in [2.75, 3.05) is 33.4 Å². The monoisotopic (exact) mass is 248 g/mol. The molecule has 0 unspecified atom stereocenters. The Labute approximate surface area is 97.5 Å². The molecule has 0 atom stereocenters. The molecule has 0 aromatic rings. The van der Waals surface area contributed by atoms with Gasteiger partial charge in [0.15, 0.2) is 0 Å². The van der Waals surface area contributed by atoms with Crippen molar-refractivity contribution in [3.63, 3.8) is 0 Å². The van der Waals surface area contributed by atoms with Gasteiger partial charge in [-0.3, -0.25) is 4.90 Å². The highest BCUT2D eigenvalue weighted by molar-refractivity contribution is 7.92. The van der Waals surface area contributed by atoms with Gasteiger partial charge >= 0.3 is 0 Å². The topological polar surface area (TPSA) is 58.6 Å². The normalized spacial score (nSPS) is 16.6. The molecule has 1 fully saturated rings. The summed E-state index contributed by atoms with van der Waals surface area (Å²) in [6.45, 7) is 5.93. The number of hydrogen-bond acceptors (Lipinski definition) is 4. The standard InChI is InChI=1S/C10H20N2O3S/c1-3-16(13,14)11-6-7-12(8-9-15-2)10-4-5-10/h3,10-11H,1,4-9H2,2H3. The Kier molecular flexibility index (Phi) is 5.40. The first-order valence-corrected chi connectivity index (χ1v) is 6.99. The molecule has 0 aromatic carbocycles. The summed E-state index contributed by atoms with van der Waals surface area (Å²) in [5, 5.41) is 0.934. The highest BCUT2D eigenvalue weighted by Gasteiger charge is 2.28. The van der Waals surface area contributed by atoms with Gasteiger partial charge in [0.1, 0.15) is 0 Å². The average Bonchev–Trinajstić information content (AvgIpc) is 3.07. The summed E-state index contributed by atoms with van der Waals surface area (Å²) < 4.78 is 29.7. The first-order valence-electron chi connectivity index (χ1n) is 5.44. The maximum atomic E-state index is 11.1. The van der Waals surface area contributed by atoms with Gasteiger partial charge in [-0.05, 0) is 12.8 Å². The molecule has 0 aliphatic heterocycles. The second-order valence-corrected chi connectivity index (χ2v) is 5.58. The molecule has 0 spiro atoms. The number of rotatable bonds is 9. The molecule has 5 nitrogen and oxygen atoms in total. The largest absolute Gasteiger partial charge is 0.383 e. The maximum Gasteiger partial charge on any atom is 0.233 e. The van der Waals surface area contributed by atoms with Crippen molar-refractivity contribution >= 4 is 10.0 Å². The fraction of sp³-hybridized carbons (Fsp3) is 0.800. The van der Waals surface area contributed by atoms with Gasteiger partial charge < -0.3 is 4.74 Å². The fourth-order valence-electron chi connectivity index (χ4n) is 1.52. The molecule has 0 bridgehead atoms. The molecule has 1 N–H and O–H groups in total. The minimum absolute atomic E-state index is 0.425. The van der Waals surface area contributed by atoms with Crippen LogP contribution in [0.3, 0.4) is 0 Å². The van der Waals surface area contributed by atoms with Crippen LogP contribution in [0.5, 0.6) is 0 Å². The summed E-state index contributed by atoms with van der Waals surface area (Å²) in [6, 6.07) is 0.614. The summed E-state index contributed by atoms with van der Waals surface area (Å²) >= 11 is 0. The fourth-order valence-corrected chi connectivity index (χ4v) is 2.01. The molecule has 1 aliphatic rings. The van der Waals surface area contributed by atoms with Gasteiger partial charge in [-0.25, -0.2) is 13.1 Å². The summed E-state index contributed by atoms with van der Waals surface area (Å²) in [7, 11) is -1.61. The van der Waals surface area contributed by atoms with E-state index < -0.39 is 10.0 Å². The molecular formula is C10H20N2O3S. The van der Waals surface area contributed by atoms with Crippen molar-refractivity contribution in [3.8, 4) is 0 Å². The van der Waals surface area contributed by atoms with E-state index in [2.05, 4.69) is 16.2 Å². The van der Waals surface area contributed by atoms with E-state index in [9.17, 15) is 8.42 Å². The van der Waals surface area contributed by atoms with E-state index in [0.717, 1.165) is 18.5 Å². The number of ether oxygens (including phenoxy) is 1. The zero-order chi connectivity index (χ0) is 12.0. The Balaban J connectivity index is 2.24. The van der Waals surface area contributed by atoms with Crippen LogP contribution in [0.15, 0.2) is 12.0 Å². The quantitative estimate of drug-likeness (QED) is 0.631. The van der Waals surface area contributed by atoms with Crippen molar-refractivity contribution in [1.29, 1.82) is 0 Å². The van der Waals surface area contributed by atoms with E-state index in [1.54, 1.807) is 7.11 Å². The molecule has 0 heterocycles. The Morgan fingerprint density at radius 3 is 2.69 bits per heavy atom. The highest BCUT2D eigenvalue weighted by atomic mass is 32.2. The van der Waals surface area contributed by atoms with E-state index in [1.165, 1.54) is 12.8 Å². The van der Waals surface area contributed by atoms with Gasteiger partial charge in [-0.15, -0.1) is 0 Å². The van der Waals surface area contributed by atoms with Gasteiger partial charge in [0, 0.05) is 38.2 Å². The van der Waals surface area contributed by atoms with Crippen molar-refractivity contribution in [2.24, 2.45) is 0 Å². The zero-order valence-corrected chi connectivity index (χ0v) is 10.5. The Morgan fingerprint density at radius 1 is 1.50 bits per heavy atom. The predicted molar refractivity (Wildman–Crippen MR) is 63.6 cm³/mol. The average molecular weight is 248 g/mol. The Bertz CT molecular complexity index is 312. The van der Waals surface area contributed by atoms with Crippen molar-refractivity contribution in [3.05, 3.63) is 12.0 Å². The van der Waals surface area contributed by atoms with Crippen molar-refractivity contribution < 1.29 is 13.2 Å². The SMILES string of the molecule is C=CS(=O)(=O)NCCN(CCOC)C1CC1. The number of hydrogen-bond donors (Lipinski definition) is 1. The van der Waals surface area contributed by atoms with E-state index in [0.29, 0.717) is 19.2 Å². The minimum Gasteiger partial charge on any atom is -0.383 e. The second kappa shape index (κ2) is 6.34. The molecule has 1 aliphatic carbocycles. The van der Waals surface area contributed by atoms with Crippen molar-refractivity contribution in [1.82, 2.24) is 9.62 Å². The van der Waals surface area contributed by atoms with E-state index >= 15 is 0 Å². The Morgan fingerprint density at radius 2 is 2.19 bits per heavy atom. The maximum absolute atomic E-state index is 11.1. The van der Waals surface area contributed by atoms with E-state index in [4.69, 9.17) is 4.74 Å². The lowest BCUT2D eigenvalue weighted by atomic mass is 10.4. The molecule has 0 amide bonds. The molecule has 0 saturated heterocycles. The van der Waals surface area contributed by atoms with Crippen LogP contribution in [0.2, 0.25) is 0 Å². The molecular weight excluding hydrogens is 228 g/mol. The van der Waals surface area contributed by atoms with Crippen LogP contribution in [-0.4, -0.2) is 52.7 Å². The molecule has 0 radical (unpaired) electrons. The molecule has 1 rings (SSSR count). The predicted octanol–water partition coefficient (Wildman–Crippen LogP) is 0.160. The lowest BCUT2D eigenvalue weighted by Gasteiger charge is -2.21. The third-order valence-electron chi connectivity index (χ3n) is 2.57. The minimum atomic E-state index is -3.28. The van der Waals surface area contributed by atoms with Crippen LogP contribution in [0.1, 0.15) is 12.8 Å². The van der Waals surface area contributed by atoms with Gasteiger partial charge in [-0.1, -0.05) is 6.58 Å². The lowest BCUT2D eigenvalue weighted by molar-refractivity contribution is 0.145. The van der Waals surface area contributed by atoms with E-state index in [-0.39, 0.29) is 0 Å². The summed E-state index contributed by atoms with van der Waals surface area (Å²) in [4.78, 5) is 2.26. The van der Waals surface area contributed by atoms with Crippen LogP contribution in [0.4, 0.5) is 0 Å². The Hall–Kier alpha value is -0.430. The van der Waals surface area contributed by atoms with Gasteiger partial charge in [0.25, 0.3) is 0 Å². The van der Waals surface area contributed by atoms with E-state index in [1.807, 2.05) is 0 Å². The summed E-state index contributed by atoms with van der Waals surface area (Å²) in [6.07, 6.45) is 2.41. The lowest BCUT2D eigenvalue weighted by Crippen LogP contribution is -2.37. The van der Waals surface area contributed by atoms with Crippen LogP contribution < -0.4 is 4.72 Å². The number of nitrogens with zero attached hydrogens (tertiary/aromatic N) is 1. The van der Waals surface area contributed by atoms with Crippen LogP contribution in [-0.2, 0) is 14.8 Å². The number of methoxy groups -OCH3 is 1. The molecule has 94 valence electrons. The van der Waals surface area contributed by atoms with Crippen LogP contribution in [0, 0.1) is 0 Å². The molecule has 0 aromatic heterocycles. The third kappa shape index (κ3) is 5.07. The van der Waals surface area contributed by atoms with Gasteiger partial charge in [0.2, 0.25) is 10.0 Å². The zero-order valence-electron chi connectivity index (χ0n) is 9.68. The molecule has 16 heavy (non-hydrogen) atoms. The van der Waals surface area contributed by atoms with Gasteiger partial charge in [0.05, 0.1) is 6.61 Å². The first kappa shape index (κ1) is 13.6. The molecule has 1 saturated carbocycles. The van der Waals surface area contributed by atoms with Gasteiger partial charge in [-0.2, -0.15) is 0 Å². The van der Waals surface area contributed by atoms with Crippen LogP contribution >= 0.6 is 0 Å². The second-order valence-electron chi connectivity index (χ2n) is 3.87. The smallest absolute Gasteiger partial charge is 0.233 e. The first-order chi connectivity index (χ1) is 7.59. The number of nitrogens with one attached hydrogen (secondary N) is 1. The number of sulfonamides is 1.